The Kier molecular flexibility index (Phi) is 3.06. The Balaban J connectivity index is 2.71. The molecule has 0 amide bonds. The van der Waals surface area contributed by atoms with Gasteiger partial charge in [0.05, 0.1) is 12.4 Å². The van der Waals surface area contributed by atoms with Crippen molar-refractivity contribution in [3.8, 4) is 0 Å². The molecule has 72 valence electrons. The van der Waals surface area contributed by atoms with E-state index in [2.05, 4.69) is 23.8 Å². The number of aromatic nitrogens is 2. The van der Waals surface area contributed by atoms with Crippen LogP contribution in [0.5, 0.6) is 0 Å². The molecule has 4 heteroatoms. The molecule has 1 heterocycles. The van der Waals surface area contributed by atoms with Crippen LogP contribution in [-0.4, -0.2) is 23.6 Å². The van der Waals surface area contributed by atoms with Gasteiger partial charge in [-0.1, -0.05) is 13.8 Å². The lowest BCUT2D eigenvalue weighted by molar-refractivity contribution is 0.634. The minimum absolute atomic E-state index is 0.466. The molecular formula is C9H16N4. The van der Waals surface area contributed by atoms with Crippen molar-refractivity contribution in [2.45, 2.75) is 13.8 Å². The molecule has 13 heavy (non-hydrogen) atoms. The molecular weight excluding hydrogens is 164 g/mol. The van der Waals surface area contributed by atoms with Crippen molar-refractivity contribution in [2.75, 3.05) is 24.2 Å². The number of hydrogen-bond acceptors (Lipinski definition) is 4. The highest BCUT2D eigenvalue weighted by Gasteiger charge is 2.04. The zero-order valence-electron chi connectivity index (χ0n) is 8.36. The summed E-state index contributed by atoms with van der Waals surface area (Å²) in [5.74, 6) is 1.90. The van der Waals surface area contributed by atoms with Crippen LogP contribution in [0, 0.1) is 5.92 Å². The smallest absolute Gasteiger partial charge is 0.149 e. The van der Waals surface area contributed by atoms with Gasteiger partial charge in [0.25, 0.3) is 0 Å². The van der Waals surface area contributed by atoms with Crippen molar-refractivity contribution >= 4 is 11.6 Å². The van der Waals surface area contributed by atoms with E-state index in [0.717, 1.165) is 12.4 Å². The van der Waals surface area contributed by atoms with Crippen molar-refractivity contribution < 1.29 is 0 Å². The zero-order chi connectivity index (χ0) is 9.84. The molecule has 0 aliphatic rings. The molecule has 1 rings (SSSR count). The fourth-order valence-corrected chi connectivity index (χ4v) is 1.20. The average molecular weight is 180 g/mol. The number of hydrogen-bond donors (Lipinski definition) is 1. The number of rotatable bonds is 3. The fraction of sp³-hybridized carbons (Fsp3) is 0.556. The predicted octanol–water partition coefficient (Wildman–Crippen LogP) is 1.15. The lowest BCUT2D eigenvalue weighted by Gasteiger charge is -2.19. The Morgan fingerprint density at radius 3 is 2.69 bits per heavy atom. The number of nitrogens with zero attached hydrogens (tertiary/aromatic N) is 3. The van der Waals surface area contributed by atoms with E-state index in [0.29, 0.717) is 11.7 Å². The number of nitrogens with two attached hydrogens (primary N) is 1. The van der Waals surface area contributed by atoms with Crippen LogP contribution in [0.15, 0.2) is 12.4 Å². The van der Waals surface area contributed by atoms with Gasteiger partial charge in [-0.25, -0.2) is 4.98 Å². The van der Waals surface area contributed by atoms with Gasteiger partial charge in [-0.05, 0) is 5.92 Å². The van der Waals surface area contributed by atoms with Crippen molar-refractivity contribution in [1.82, 2.24) is 9.97 Å². The van der Waals surface area contributed by atoms with Gasteiger partial charge in [-0.15, -0.1) is 0 Å². The van der Waals surface area contributed by atoms with Crippen LogP contribution in [0.25, 0.3) is 0 Å². The molecule has 0 unspecified atom stereocenters. The number of anilines is 2. The second-order valence-corrected chi connectivity index (χ2v) is 3.58. The first-order valence-corrected chi connectivity index (χ1v) is 4.38. The summed E-state index contributed by atoms with van der Waals surface area (Å²) in [6, 6.07) is 0. The van der Waals surface area contributed by atoms with E-state index in [4.69, 9.17) is 5.73 Å². The van der Waals surface area contributed by atoms with Crippen molar-refractivity contribution in [3.63, 3.8) is 0 Å². The van der Waals surface area contributed by atoms with Crippen molar-refractivity contribution in [3.05, 3.63) is 12.4 Å². The van der Waals surface area contributed by atoms with Crippen LogP contribution in [-0.2, 0) is 0 Å². The summed E-state index contributed by atoms with van der Waals surface area (Å²) in [4.78, 5) is 10.2. The molecule has 0 aliphatic carbocycles. The van der Waals surface area contributed by atoms with Crippen LogP contribution in [0.3, 0.4) is 0 Å². The molecule has 0 radical (unpaired) electrons. The zero-order valence-corrected chi connectivity index (χ0v) is 8.36. The minimum atomic E-state index is 0.466. The van der Waals surface area contributed by atoms with Crippen molar-refractivity contribution in [1.29, 1.82) is 0 Å². The second-order valence-electron chi connectivity index (χ2n) is 3.58. The van der Waals surface area contributed by atoms with E-state index < -0.39 is 0 Å². The minimum Gasteiger partial charge on any atom is -0.382 e. The predicted molar refractivity (Wildman–Crippen MR) is 54.6 cm³/mol. The molecule has 0 spiro atoms. The third-order valence-electron chi connectivity index (χ3n) is 1.67. The quantitative estimate of drug-likeness (QED) is 0.758. The molecule has 0 bridgehead atoms. The molecule has 1 aromatic heterocycles. The van der Waals surface area contributed by atoms with Gasteiger partial charge in [-0.2, -0.15) is 0 Å². The fourth-order valence-electron chi connectivity index (χ4n) is 1.20. The molecule has 4 nitrogen and oxygen atoms in total. The lowest BCUT2D eigenvalue weighted by Crippen LogP contribution is -2.23. The van der Waals surface area contributed by atoms with Gasteiger partial charge < -0.3 is 10.6 Å². The van der Waals surface area contributed by atoms with E-state index in [-0.39, 0.29) is 0 Å². The van der Waals surface area contributed by atoms with Gasteiger partial charge in [0.1, 0.15) is 11.6 Å². The topological polar surface area (TPSA) is 55.0 Å². The molecule has 0 aromatic carbocycles. The maximum Gasteiger partial charge on any atom is 0.149 e. The highest BCUT2D eigenvalue weighted by Crippen LogP contribution is 2.09. The van der Waals surface area contributed by atoms with E-state index in [1.165, 1.54) is 0 Å². The first-order valence-electron chi connectivity index (χ1n) is 4.38. The van der Waals surface area contributed by atoms with Gasteiger partial charge in [0.15, 0.2) is 0 Å². The summed E-state index contributed by atoms with van der Waals surface area (Å²) in [7, 11) is 1.99. The Labute approximate surface area is 78.8 Å². The summed E-state index contributed by atoms with van der Waals surface area (Å²) < 4.78 is 0. The van der Waals surface area contributed by atoms with E-state index in [1.807, 2.05) is 11.9 Å². The summed E-state index contributed by atoms with van der Waals surface area (Å²) in [5.41, 5.74) is 5.53. The SMILES string of the molecule is CC(C)CN(C)c1cncc(N)n1. The number of nitrogen functional groups attached to an aromatic ring is 1. The maximum absolute atomic E-state index is 5.53. The van der Waals surface area contributed by atoms with Crippen LogP contribution in [0.4, 0.5) is 11.6 Å². The first kappa shape index (κ1) is 9.77. The first-order chi connectivity index (χ1) is 6.09. The lowest BCUT2D eigenvalue weighted by atomic mass is 10.2. The van der Waals surface area contributed by atoms with Gasteiger partial charge >= 0.3 is 0 Å². The van der Waals surface area contributed by atoms with Crippen LogP contribution in [0.1, 0.15) is 13.8 Å². The standard InChI is InChI=1S/C9H16N4/c1-7(2)6-13(3)9-5-11-4-8(10)12-9/h4-5,7H,6H2,1-3H3,(H2,10,12). The van der Waals surface area contributed by atoms with E-state index in [1.54, 1.807) is 12.4 Å². The van der Waals surface area contributed by atoms with E-state index >= 15 is 0 Å². The van der Waals surface area contributed by atoms with Crippen LogP contribution in [0.2, 0.25) is 0 Å². The van der Waals surface area contributed by atoms with Crippen LogP contribution >= 0.6 is 0 Å². The van der Waals surface area contributed by atoms with E-state index in [9.17, 15) is 0 Å². The summed E-state index contributed by atoms with van der Waals surface area (Å²) in [5, 5.41) is 0. The Bertz CT molecular complexity index is 272. The summed E-state index contributed by atoms with van der Waals surface area (Å²) in [6.07, 6.45) is 3.27. The van der Waals surface area contributed by atoms with Gasteiger partial charge in [0.2, 0.25) is 0 Å². The molecule has 0 fully saturated rings. The highest BCUT2D eigenvalue weighted by atomic mass is 15.2. The third kappa shape index (κ3) is 2.89. The summed E-state index contributed by atoms with van der Waals surface area (Å²) in [6.45, 7) is 5.28. The molecule has 0 saturated heterocycles. The van der Waals surface area contributed by atoms with Gasteiger partial charge in [-0.3, -0.25) is 4.98 Å². The molecule has 2 N–H and O–H groups in total. The molecule has 0 atom stereocenters. The average Bonchev–Trinajstić information content (AvgIpc) is 2.03. The Hall–Kier alpha value is -1.32. The van der Waals surface area contributed by atoms with Crippen molar-refractivity contribution in [2.24, 2.45) is 5.92 Å². The molecule has 0 aliphatic heterocycles. The third-order valence-corrected chi connectivity index (χ3v) is 1.67. The Morgan fingerprint density at radius 2 is 2.15 bits per heavy atom. The monoisotopic (exact) mass is 180 g/mol. The summed E-state index contributed by atoms with van der Waals surface area (Å²) >= 11 is 0. The highest BCUT2D eigenvalue weighted by molar-refractivity contribution is 5.40. The van der Waals surface area contributed by atoms with Gasteiger partial charge in [0, 0.05) is 13.6 Å². The maximum atomic E-state index is 5.53. The second kappa shape index (κ2) is 4.07. The molecule has 1 aromatic rings. The molecule has 0 saturated carbocycles. The Morgan fingerprint density at radius 1 is 1.46 bits per heavy atom. The largest absolute Gasteiger partial charge is 0.382 e. The normalized spacial score (nSPS) is 10.5. The van der Waals surface area contributed by atoms with Crippen LogP contribution < -0.4 is 10.6 Å².